The van der Waals surface area contributed by atoms with Crippen LogP contribution >= 0.6 is 0 Å². The summed E-state index contributed by atoms with van der Waals surface area (Å²) in [5, 5.41) is 2.65. The van der Waals surface area contributed by atoms with Gasteiger partial charge in [0.2, 0.25) is 5.91 Å². The summed E-state index contributed by atoms with van der Waals surface area (Å²) in [5.74, 6) is -1.50. The number of methoxy groups -OCH3 is 1. The highest BCUT2D eigenvalue weighted by atomic mass is 16.5. The van der Waals surface area contributed by atoms with Gasteiger partial charge in [-0.15, -0.1) is 0 Å². The van der Waals surface area contributed by atoms with Crippen molar-refractivity contribution in [2.45, 2.75) is 19.4 Å². The molecule has 0 aromatic heterocycles. The highest BCUT2D eigenvalue weighted by Crippen LogP contribution is 2.22. The van der Waals surface area contributed by atoms with Crippen molar-refractivity contribution in [3.05, 3.63) is 65.2 Å². The minimum Gasteiger partial charge on any atom is -0.465 e. The zero-order valence-corrected chi connectivity index (χ0v) is 16.6. The summed E-state index contributed by atoms with van der Waals surface area (Å²) >= 11 is 0. The number of hydrogen-bond acceptors (Lipinski definition) is 6. The number of nitrogens with one attached hydrogen (secondary N) is 1. The van der Waals surface area contributed by atoms with Crippen molar-refractivity contribution in [1.82, 2.24) is 5.32 Å². The predicted molar refractivity (Wildman–Crippen MR) is 108 cm³/mol. The Balaban J connectivity index is 1.48. The highest BCUT2D eigenvalue weighted by molar-refractivity contribution is 5.98. The Morgan fingerprint density at radius 2 is 1.80 bits per heavy atom. The van der Waals surface area contributed by atoms with Gasteiger partial charge < -0.3 is 19.7 Å². The molecule has 8 heteroatoms. The van der Waals surface area contributed by atoms with E-state index < -0.39 is 24.5 Å². The van der Waals surface area contributed by atoms with Gasteiger partial charge in [0.15, 0.2) is 6.61 Å². The van der Waals surface area contributed by atoms with E-state index in [1.807, 2.05) is 0 Å². The van der Waals surface area contributed by atoms with Gasteiger partial charge in [0.25, 0.3) is 5.91 Å². The van der Waals surface area contributed by atoms with Gasteiger partial charge in [-0.05, 0) is 42.3 Å². The lowest BCUT2D eigenvalue weighted by Crippen LogP contribution is -2.28. The largest absolute Gasteiger partial charge is 0.465 e. The van der Waals surface area contributed by atoms with Crippen molar-refractivity contribution in [3.8, 4) is 0 Å². The average Bonchev–Trinajstić information content (AvgIpc) is 3.21. The lowest BCUT2D eigenvalue weighted by Gasteiger charge is -2.16. The molecule has 0 spiro atoms. The third-order valence-electron chi connectivity index (χ3n) is 4.67. The monoisotopic (exact) mass is 410 g/mol. The van der Waals surface area contributed by atoms with Gasteiger partial charge >= 0.3 is 11.9 Å². The van der Waals surface area contributed by atoms with Crippen LogP contribution in [0, 0.1) is 0 Å². The van der Waals surface area contributed by atoms with Crippen LogP contribution in [0.3, 0.4) is 0 Å². The molecule has 30 heavy (non-hydrogen) atoms. The number of amides is 2. The number of anilines is 1. The number of ether oxygens (including phenoxy) is 2. The number of carbonyl (C=O) groups is 4. The van der Waals surface area contributed by atoms with Crippen molar-refractivity contribution in [3.63, 3.8) is 0 Å². The minimum atomic E-state index is -0.638. The second kappa shape index (κ2) is 9.69. The molecule has 1 saturated heterocycles. The number of benzene rings is 2. The third-order valence-corrected chi connectivity index (χ3v) is 4.67. The first-order chi connectivity index (χ1) is 14.5. The molecule has 1 heterocycles. The van der Waals surface area contributed by atoms with Gasteiger partial charge in [-0.1, -0.05) is 18.2 Å². The van der Waals surface area contributed by atoms with E-state index >= 15 is 0 Å². The van der Waals surface area contributed by atoms with E-state index in [9.17, 15) is 19.2 Å². The smallest absolute Gasteiger partial charge is 0.338 e. The lowest BCUT2D eigenvalue weighted by atomic mass is 10.1. The molecular formula is C22H22N2O6. The van der Waals surface area contributed by atoms with Crippen molar-refractivity contribution in [2.24, 2.45) is 0 Å². The Morgan fingerprint density at radius 3 is 2.47 bits per heavy atom. The van der Waals surface area contributed by atoms with Gasteiger partial charge in [-0.2, -0.15) is 0 Å². The molecule has 8 nitrogen and oxygen atoms in total. The molecule has 1 aliphatic rings. The van der Waals surface area contributed by atoms with E-state index in [4.69, 9.17) is 4.74 Å². The molecule has 0 aliphatic carbocycles. The van der Waals surface area contributed by atoms with Gasteiger partial charge in [0.1, 0.15) is 0 Å². The number of rotatable bonds is 7. The topological polar surface area (TPSA) is 102 Å². The number of hydrogen-bond donors (Lipinski definition) is 1. The van der Waals surface area contributed by atoms with Crippen LogP contribution in [-0.4, -0.2) is 44.0 Å². The summed E-state index contributed by atoms with van der Waals surface area (Å²) in [5.41, 5.74) is 2.12. The molecule has 0 atom stereocenters. The Bertz CT molecular complexity index is 954. The Kier molecular flexibility index (Phi) is 6.79. The highest BCUT2D eigenvalue weighted by Gasteiger charge is 2.22. The molecule has 0 bridgehead atoms. The summed E-state index contributed by atoms with van der Waals surface area (Å²) < 4.78 is 9.70. The Labute approximate surface area is 173 Å². The third kappa shape index (κ3) is 5.22. The molecular weight excluding hydrogens is 388 g/mol. The maximum Gasteiger partial charge on any atom is 0.338 e. The molecule has 0 unspecified atom stereocenters. The van der Waals surface area contributed by atoms with Crippen molar-refractivity contribution in [1.29, 1.82) is 0 Å². The summed E-state index contributed by atoms with van der Waals surface area (Å²) in [4.78, 5) is 49.1. The molecule has 2 aromatic rings. The van der Waals surface area contributed by atoms with Crippen molar-refractivity contribution < 1.29 is 28.7 Å². The van der Waals surface area contributed by atoms with Gasteiger partial charge in [-0.3, -0.25) is 9.59 Å². The maximum absolute atomic E-state index is 12.3. The van der Waals surface area contributed by atoms with Crippen LogP contribution in [0.25, 0.3) is 0 Å². The fourth-order valence-electron chi connectivity index (χ4n) is 3.06. The molecule has 2 amide bonds. The summed E-state index contributed by atoms with van der Waals surface area (Å²) in [6.07, 6.45) is 1.29. The molecule has 2 aromatic carbocycles. The zero-order valence-electron chi connectivity index (χ0n) is 16.6. The number of nitrogens with zero attached hydrogens (tertiary/aromatic N) is 1. The van der Waals surface area contributed by atoms with Crippen molar-refractivity contribution in [2.75, 3.05) is 25.2 Å². The fourth-order valence-corrected chi connectivity index (χ4v) is 3.06. The fraction of sp³-hybridized carbons (Fsp3) is 0.273. The van der Waals surface area contributed by atoms with Crippen LogP contribution in [-0.2, 0) is 25.6 Å². The maximum atomic E-state index is 12.3. The summed E-state index contributed by atoms with van der Waals surface area (Å²) in [7, 11) is 1.31. The summed E-state index contributed by atoms with van der Waals surface area (Å²) in [6.45, 7) is 0.427. The van der Waals surface area contributed by atoms with E-state index in [1.165, 1.54) is 7.11 Å². The van der Waals surface area contributed by atoms with Gasteiger partial charge in [-0.25, -0.2) is 9.59 Å². The van der Waals surface area contributed by atoms with E-state index in [2.05, 4.69) is 10.1 Å². The van der Waals surface area contributed by atoms with Crippen LogP contribution in [0.1, 0.15) is 39.1 Å². The molecule has 3 rings (SSSR count). The van der Waals surface area contributed by atoms with Crippen LogP contribution < -0.4 is 10.2 Å². The molecule has 1 N–H and O–H groups in total. The van der Waals surface area contributed by atoms with Crippen LogP contribution in [0.15, 0.2) is 48.5 Å². The molecule has 1 fully saturated rings. The summed E-state index contributed by atoms with van der Waals surface area (Å²) in [6, 6.07) is 13.2. The quantitative estimate of drug-likeness (QED) is 0.701. The SMILES string of the molecule is COC(=O)c1ccc(CNC(=O)COC(=O)c2cccc(N3CCCC3=O)c2)cc1. The second-order valence-corrected chi connectivity index (χ2v) is 6.74. The van der Waals surface area contributed by atoms with E-state index in [-0.39, 0.29) is 18.0 Å². The van der Waals surface area contributed by atoms with Crippen LogP contribution in [0.4, 0.5) is 5.69 Å². The standard InChI is InChI=1S/C22H22N2O6/c1-29-21(27)16-9-7-15(8-10-16)13-23-19(25)14-30-22(28)17-4-2-5-18(12-17)24-11-3-6-20(24)26/h2,4-5,7-10,12H,3,6,11,13-14H2,1H3,(H,23,25). The molecule has 1 aliphatic heterocycles. The number of esters is 2. The van der Waals surface area contributed by atoms with Crippen molar-refractivity contribution >= 4 is 29.4 Å². The van der Waals surface area contributed by atoms with E-state index in [0.717, 1.165) is 12.0 Å². The first-order valence-electron chi connectivity index (χ1n) is 9.49. The predicted octanol–water partition coefficient (Wildman–Crippen LogP) is 2.07. The average molecular weight is 410 g/mol. The minimum absolute atomic E-state index is 0.0273. The van der Waals surface area contributed by atoms with Crippen LogP contribution in [0.5, 0.6) is 0 Å². The normalized spacial score (nSPS) is 13.1. The van der Waals surface area contributed by atoms with Gasteiger partial charge in [0.05, 0.1) is 18.2 Å². The zero-order chi connectivity index (χ0) is 21.5. The first kappa shape index (κ1) is 21.0. The van der Waals surface area contributed by atoms with Gasteiger partial charge in [0, 0.05) is 25.2 Å². The lowest BCUT2D eigenvalue weighted by molar-refractivity contribution is -0.124. The molecule has 0 saturated carbocycles. The second-order valence-electron chi connectivity index (χ2n) is 6.74. The Hall–Kier alpha value is -3.68. The Morgan fingerprint density at radius 1 is 1.03 bits per heavy atom. The molecule has 156 valence electrons. The first-order valence-corrected chi connectivity index (χ1v) is 9.49. The van der Waals surface area contributed by atoms with Crippen LogP contribution in [0.2, 0.25) is 0 Å². The number of carbonyl (C=O) groups excluding carboxylic acids is 4. The molecule has 0 radical (unpaired) electrons. The van der Waals surface area contributed by atoms with E-state index in [1.54, 1.807) is 53.4 Å². The van der Waals surface area contributed by atoms with E-state index in [0.29, 0.717) is 24.2 Å².